The first-order valence-electron chi connectivity index (χ1n) is 6.16. The SMILES string of the molecule is Cc1n[nH]c(C)c1C(NC1CCCC1)C(N)=O. The molecular weight excluding hydrogens is 216 g/mol. The molecule has 1 unspecified atom stereocenters. The number of rotatable bonds is 4. The molecule has 1 aliphatic carbocycles. The second kappa shape index (κ2) is 4.87. The summed E-state index contributed by atoms with van der Waals surface area (Å²) in [6.07, 6.45) is 4.71. The molecule has 0 aliphatic heterocycles. The minimum Gasteiger partial charge on any atom is -0.368 e. The monoisotopic (exact) mass is 236 g/mol. The first-order valence-corrected chi connectivity index (χ1v) is 6.16. The predicted octanol–water partition coefficient (Wildman–Crippen LogP) is 1.09. The van der Waals surface area contributed by atoms with Gasteiger partial charge in [-0.2, -0.15) is 5.10 Å². The lowest BCUT2D eigenvalue weighted by Gasteiger charge is -2.20. The predicted molar refractivity (Wildman–Crippen MR) is 65.4 cm³/mol. The minimum absolute atomic E-state index is 0.329. The summed E-state index contributed by atoms with van der Waals surface area (Å²) in [6, 6.07) is -0.0157. The maximum Gasteiger partial charge on any atom is 0.239 e. The van der Waals surface area contributed by atoms with E-state index < -0.39 is 6.04 Å². The van der Waals surface area contributed by atoms with E-state index in [1.807, 2.05) is 13.8 Å². The second-order valence-corrected chi connectivity index (χ2v) is 4.83. The average Bonchev–Trinajstić information content (AvgIpc) is 2.87. The maximum absolute atomic E-state index is 11.6. The quantitative estimate of drug-likeness (QED) is 0.731. The second-order valence-electron chi connectivity index (χ2n) is 4.83. The Morgan fingerprint density at radius 1 is 1.47 bits per heavy atom. The number of nitrogens with zero attached hydrogens (tertiary/aromatic N) is 1. The molecule has 94 valence electrons. The van der Waals surface area contributed by atoms with Crippen molar-refractivity contribution in [2.24, 2.45) is 5.73 Å². The number of amides is 1. The summed E-state index contributed by atoms with van der Waals surface area (Å²) in [5.74, 6) is -0.329. The Labute approximate surface area is 101 Å². The molecule has 1 heterocycles. The van der Waals surface area contributed by atoms with Crippen LogP contribution in [-0.4, -0.2) is 22.1 Å². The topological polar surface area (TPSA) is 83.8 Å². The fourth-order valence-electron chi connectivity index (χ4n) is 2.62. The highest BCUT2D eigenvalue weighted by molar-refractivity contribution is 5.82. The Balaban J connectivity index is 2.19. The fraction of sp³-hybridized carbons (Fsp3) is 0.667. The van der Waals surface area contributed by atoms with Gasteiger partial charge in [0.2, 0.25) is 5.91 Å². The Hall–Kier alpha value is -1.36. The van der Waals surface area contributed by atoms with Crippen molar-refractivity contribution in [1.82, 2.24) is 15.5 Å². The number of carbonyl (C=O) groups excluding carboxylic acids is 1. The number of aromatic amines is 1. The van der Waals surface area contributed by atoms with Crippen molar-refractivity contribution in [2.75, 3.05) is 0 Å². The van der Waals surface area contributed by atoms with Crippen LogP contribution in [0.2, 0.25) is 0 Å². The van der Waals surface area contributed by atoms with Gasteiger partial charge in [0.15, 0.2) is 0 Å². The van der Waals surface area contributed by atoms with Crippen LogP contribution in [0.4, 0.5) is 0 Å². The number of hydrogen-bond donors (Lipinski definition) is 3. The molecule has 1 aliphatic rings. The van der Waals surface area contributed by atoms with Crippen molar-refractivity contribution in [3.8, 4) is 0 Å². The van der Waals surface area contributed by atoms with Gasteiger partial charge in [-0.25, -0.2) is 0 Å². The van der Waals surface area contributed by atoms with Gasteiger partial charge in [0.05, 0.1) is 5.69 Å². The van der Waals surface area contributed by atoms with Gasteiger partial charge < -0.3 is 5.73 Å². The summed E-state index contributed by atoms with van der Waals surface area (Å²) in [7, 11) is 0. The van der Waals surface area contributed by atoms with Crippen LogP contribution in [0.1, 0.15) is 48.7 Å². The molecule has 1 saturated carbocycles. The van der Waals surface area contributed by atoms with Crippen molar-refractivity contribution in [2.45, 2.75) is 51.6 Å². The van der Waals surface area contributed by atoms with Gasteiger partial charge in [-0.3, -0.25) is 15.2 Å². The van der Waals surface area contributed by atoms with E-state index in [2.05, 4.69) is 15.5 Å². The number of aryl methyl sites for hydroxylation is 2. The summed E-state index contributed by atoms with van der Waals surface area (Å²) >= 11 is 0. The first-order chi connectivity index (χ1) is 8.09. The zero-order chi connectivity index (χ0) is 12.4. The van der Waals surface area contributed by atoms with E-state index in [0.29, 0.717) is 6.04 Å². The van der Waals surface area contributed by atoms with Gasteiger partial charge in [-0.15, -0.1) is 0 Å². The number of carbonyl (C=O) groups is 1. The maximum atomic E-state index is 11.6. The van der Waals surface area contributed by atoms with Crippen LogP contribution in [0, 0.1) is 13.8 Å². The Morgan fingerprint density at radius 2 is 2.12 bits per heavy atom. The zero-order valence-electron chi connectivity index (χ0n) is 10.4. The number of nitrogens with two attached hydrogens (primary N) is 1. The molecule has 1 amide bonds. The molecule has 0 spiro atoms. The van der Waals surface area contributed by atoms with Crippen molar-refractivity contribution in [3.05, 3.63) is 17.0 Å². The van der Waals surface area contributed by atoms with Crippen molar-refractivity contribution in [3.63, 3.8) is 0 Å². The van der Waals surface area contributed by atoms with Crippen LogP contribution in [-0.2, 0) is 4.79 Å². The molecular formula is C12H20N4O. The molecule has 1 fully saturated rings. The number of aromatic nitrogens is 2. The van der Waals surface area contributed by atoms with Gasteiger partial charge in [0.25, 0.3) is 0 Å². The molecule has 0 radical (unpaired) electrons. The number of H-pyrrole nitrogens is 1. The van der Waals surface area contributed by atoms with Crippen LogP contribution in [0.3, 0.4) is 0 Å². The van der Waals surface area contributed by atoms with Crippen molar-refractivity contribution < 1.29 is 4.79 Å². The summed E-state index contributed by atoms with van der Waals surface area (Å²) < 4.78 is 0. The third-order valence-corrected chi connectivity index (χ3v) is 3.52. The molecule has 0 saturated heterocycles. The van der Waals surface area contributed by atoms with E-state index in [9.17, 15) is 4.79 Å². The van der Waals surface area contributed by atoms with E-state index in [1.165, 1.54) is 12.8 Å². The third-order valence-electron chi connectivity index (χ3n) is 3.52. The van der Waals surface area contributed by atoms with E-state index in [1.54, 1.807) is 0 Å². The van der Waals surface area contributed by atoms with Gasteiger partial charge in [-0.1, -0.05) is 12.8 Å². The van der Waals surface area contributed by atoms with Crippen molar-refractivity contribution in [1.29, 1.82) is 0 Å². The first kappa shape index (κ1) is 12.1. The highest BCUT2D eigenvalue weighted by Crippen LogP contribution is 2.24. The number of hydrogen-bond acceptors (Lipinski definition) is 3. The highest BCUT2D eigenvalue weighted by Gasteiger charge is 2.27. The Bertz CT molecular complexity index is 387. The summed E-state index contributed by atoms with van der Waals surface area (Å²) in [5.41, 5.74) is 8.17. The summed E-state index contributed by atoms with van der Waals surface area (Å²) in [4.78, 5) is 11.6. The Kier molecular flexibility index (Phi) is 3.47. The standard InChI is InChI=1S/C12H20N4O/c1-7-10(8(2)16-15-7)11(12(13)17)14-9-5-3-4-6-9/h9,11,14H,3-6H2,1-2H3,(H2,13,17)(H,15,16). The number of nitrogens with one attached hydrogen (secondary N) is 2. The molecule has 0 bridgehead atoms. The molecule has 0 aromatic carbocycles. The summed E-state index contributed by atoms with van der Waals surface area (Å²) in [5, 5.41) is 10.4. The smallest absolute Gasteiger partial charge is 0.239 e. The van der Waals surface area contributed by atoms with Crippen LogP contribution in [0.15, 0.2) is 0 Å². The molecule has 5 heteroatoms. The molecule has 1 aromatic rings. The normalized spacial score (nSPS) is 18.5. The Morgan fingerprint density at radius 3 is 2.59 bits per heavy atom. The number of primary amides is 1. The van der Waals surface area contributed by atoms with E-state index in [4.69, 9.17) is 5.73 Å². The van der Waals surface area contributed by atoms with Crippen LogP contribution in [0.25, 0.3) is 0 Å². The molecule has 1 atom stereocenters. The van der Waals surface area contributed by atoms with Gasteiger partial charge in [0.1, 0.15) is 6.04 Å². The fourth-order valence-corrected chi connectivity index (χ4v) is 2.62. The van der Waals surface area contributed by atoms with E-state index in [-0.39, 0.29) is 5.91 Å². The van der Waals surface area contributed by atoms with Crippen molar-refractivity contribution >= 4 is 5.91 Å². The third kappa shape index (κ3) is 2.49. The largest absolute Gasteiger partial charge is 0.368 e. The lowest BCUT2D eigenvalue weighted by molar-refractivity contribution is -0.120. The van der Waals surface area contributed by atoms with Gasteiger partial charge in [-0.05, 0) is 26.7 Å². The van der Waals surface area contributed by atoms with Gasteiger partial charge >= 0.3 is 0 Å². The van der Waals surface area contributed by atoms with E-state index in [0.717, 1.165) is 29.8 Å². The molecule has 17 heavy (non-hydrogen) atoms. The van der Waals surface area contributed by atoms with Crippen LogP contribution < -0.4 is 11.1 Å². The molecule has 1 aromatic heterocycles. The highest BCUT2D eigenvalue weighted by atomic mass is 16.1. The van der Waals surface area contributed by atoms with Crippen LogP contribution in [0.5, 0.6) is 0 Å². The lowest BCUT2D eigenvalue weighted by Crippen LogP contribution is -2.39. The zero-order valence-corrected chi connectivity index (χ0v) is 10.4. The molecule has 2 rings (SSSR count). The summed E-state index contributed by atoms with van der Waals surface area (Å²) in [6.45, 7) is 3.81. The lowest BCUT2D eigenvalue weighted by atomic mass is 10.0. The van der Waals surface area contributed by atoms with Crippen LogP contribution >= 0.6 is 0 Å². The molecule has 4 N–H and O–H groups in total. The van der Waals surface area contributed by atoms with Gasteiger partial charge in [0, 0.05) is 17.3 Å². The van der Waals surface area contributed by atoms with E-state index >= 15 is 0 Å². The average molecular weight is 236 g/mol. The minimum atomic E-state index is -0.420. The molecule has 5 nitrogen and oxygen atoms in total.